The quantitative estimate of drug-likeness (QED) is 0.401. The molecule has 0 unspecified atom stereocenters. The highest BCUT2D eigenvalue weighted by atomic mass is 35.5. The maximum atomic E-state index is 13.6. The first-order chi connectivity index (χ1) is 18.1. The summed E-state index contributed by atoms with van der Waals surface area (Å²) in [6.45, 7) is 3.63. The van der Waals surface area contributed by atoms with E-state index in [1.807, 2.05) is 13.8 Å². The molecule has 0 fully saturated rings. The van der Waals surface area contributed by atoms with Crippen molar-refractivity contribution in [3.8, 4) is 5.75 Å². The molecule has 0 aliphatic carbocycles. The van der Waals surface area contributed by atoms with Gasteiger partial charge in [-0.05, 0) is 61.9 Å². The summed E-state index contributed by atoms with van der Waals surface area (Å²) in [6.07, 6.45) is 0.107. The summed E-state index contributed by atoms with van der Waals surface area (Å²) in [5.74, 6) is -0.917. The number of halogens is 3. The molecule has 0 radical (unpaired) electrons. The Morgan fingerprint density at radius 1 is 1.00 bits per heavy atom. The molecule has 1 heterocycles. The van der Waals surface area contributed by atoms with Crippen LogP contribution in [0.2, 0.25) is 15.1 Å². The lowest BCUT2D eigenvalue weighted by atomic mass is 10.0. The van der Waals surface area contributed by atoms with Crippen LogP contribution in [0.4, 0.5) is 5.69 Å². The smallest absolute Gasteiger partial charge is 0.253 e. The Hall–Kier alpha value is -3.26. The largest absolute Gasteiger partial charge is 0.489 e. The molecule has 4 rings (SSSR count). The van der Waals surface area contributed by atoms with E-state index in [4.69, 9.17) is 39.5 Å². The number of carbonyl (C=O) groups excluding carboxylic acids is 3. The molecule has 3 aromatic rings. The molecule has 0 saturated carbocycles. The molecule has 3 aromatic carbocycles. The first-order valence-electron chi connectivity index (χ1n) is 12.0. The predicted molar refractivity (Wildman–Crippen MR) is 149 cm³/mol. The van der Waals surface area contributed by atoms with E-state index in [2.05, 4.69) is 10.6 Å². The number of carbonyl (C=O) groups is 3. The van der Waals surface area contributed by atoms with Crippen LogP contribution in [0.25, 0.3) is 0 Å². The van der Waals surface area contributed by atoms with Crippen LogP contribution in [-0.4, -0.2) is 42.5 Å². The molecule has 7 nitrogen and oxygen atoms in total. The summed E-state index contributed by atoms with van der Waals surface area (Å²) >= 11 is 18.4. The number of nitrogens with one attached hydrogen (secondary N) is 2. The van der Waals surface area contributed by atoms with Crippen molar-refractivity contribution in [1.82, 2.24) is 10.6 Å². The average Bonchev–Trinajstić information content (AvgIpc) is 3.01. The third-order valence-corrected chi connectivity index (χ3v) is 6.92. The molecule has 1 aliphatic heterocycles. The van der Waals surface area contributed by atoms with Gasteiger partial charge >= 0.3 is 0 Å². The summed E-state index contributed by atoms with van der Waals surface area (Å²) < 4.78 is 5.89. The van der Waals surface area contributed by atoms with Crippen LogP contribution in [-0.2, 0) is 16.0 Å². The Bertz CT molecular complexity index is 1350. The summed E-state index contributed by atoms with van der Waals surface area (Å²) in [5.41, 5.74) is 1.56. The molecular weight excluding hydrogens is 549 g/mol. The van der Waals surface area contributed by atoms with E-state index in [0.29, 0.717) is 37.6 Å². The van der Waals surface area contributed by atoms with Gasteiger partial charge in [0.1, 0.15) is 24.4 Å². The fraction of sp³-hybridized carbons (Fsp3) is 0.250. The second-order valence-corrected chi connectivity index (χ2v) is 10.4. The van der Waals surface area contributed by atoms with E-state index in [1.54, 1.807) is 71.6 Å². The van der Waals surface area contributed by atoms with Crippen LogP contribution in [0.1, 0.15) is 29.8 Å². The van der Waals surface area contributed by atoms with Crippen LogP contribution < -0.4 is 20.3 Å². The van der Waals surface area contributed by atoms with Crippen LogP contribution in [0.15, 0.2) is 66.7 Å². The van der Waals surface area contributed by atoms with Gasteiger partial charge < -0.3 is 20.3 Å². The molecule has 0 aromatic heterocycles. The van der Waals surface area contributed by atoms with Gasteiger partial charge in [-0.3, -0.25) is 14.4 Å². The van der Waals surface area contributed by atoms with Crippen LogP contribution >= 0.6 is 34.8 Å². The van der Waals surface area contributed by atoms with E-state index in [1.165, 1.54) is 0 Å². The normalized spacial score (nSPS) is 15.8. The van der Waals surface area contributed by atoms with Crippen molar-refractivity contribution in [3.63, 3.8) is 0 Å². The van der Waals surface area contributed by atoms with Crippen molar-refractivity contribution in [2.75, 3.05) is 11.5 Å². The van der Waals surface area contributed by atoms with Gasteiger partial charge in [-0.15, -0.1) is 0 Å². The van der Waals surface area contributed by atoms with Gasteiger partial charge in [-0.1, -0.05) is 53.0 Å². The highest BCUT2D eigenvalue weighted by Crippen LogP contribution is 2.35. The number of hydrogen-bond acceptors (Lipinski definition) is 4. The lowest BCUT2D eigenvalue weighted by Crippen LogP contribution is -2.57. The number of fused-ring (bicyclic) bond motifs is 1. The number of nitrogens with zero attached hydrogens (tertiary/aromatic N) is 1. The van der Waals surface area contributed by atoms with Crippen LogP contribution in [0.3, 0.4) is 0 Å². The Morgan fingerprint density at radius 3 is 2.37 bits per heavy atom. The molecule has 2 atom stereocenters. The SMILES string of the molecule is CC(C)N1C(=O)[C@H](NC(=O)[C@@H](Cc2ccccc2Cl)NC(=O)c2ccc(Cl)cc2)COc2cc(Cl)ccc21. The van der Waals surface area contributed by atoms with E-state index in [0.717, 1.165) is 0 Å². The molecule has 38 heavy (non-hydrogen) atoms. The number of anilines is 1. The van der Waals surface area contributed by atoms with Gasteiger partial charge in [0.25, 0.3) is 11.8 Å². The predicted octanol–water partition coefficient (Wildman–Crippen LogP) is 5.31. The fourth-order valence-electron chi connectivity index (χ4n) is 4.18. The minimum Gasteiger partial charge on any atom is -0.489 e. The lowest BCUT2D eigenvalue weighted by Gasteiger charge is -2.29. The van der Waals surface area contributed by atoms with Gasteiger partial charge in [0.2, 0.25) is 5.91 Å². The molecular formula is C28H26Cl3N3O4. The van der Waals surface area contributed by atoms with Crippen molar-refractivity contribution < 1.29 is 19.1 Å². The Morgan fingerprint density at radius 2 is 1.68 bits per heavy atom. The van der Waals surface area contributed by atoms with E-state index in [9.17, 15) is 14.4 Å². The van der Waals surface area contributed by atoms with Crippen molar-refractivity contribution >= 4 is 58.2 Å². The number of amides is 3. The monoisotopic (exact) mass is 573 g/mol. The minimum atomic E-state index is -1.03. The highest BCUT2D eigenvalue weighted by molar-refractivity contribution is 6.31. The highest BCUT2D eigenvalue weighted by Gasteiger charge is 2.36. The average molecular weight is 575 g/mol. The molecule has 3 amide bonds. The molecule has 0 spiro atoms. The first kappa shape index (κ1) is 27.8. The molecule has 1 aliphatic rings. The molecule has 0 bridgehead atoms. The summed E-state index contributed by atoms with van der Waals surface area (Å²) in [5, 5.41) is 6.96. The molecule has 2 N–H and O–H groups in total. The number of ether oxygens (including phenoxy) is 1. The van der Waals surface area contributed by atoms with Gasteiger partial charge in [0.15, 0.2) is 0 Å². The standard InChI is InChI=1S/C28H26Cl3N3O4/c1-16(2)34-24-12-11-20(30)14-25(24)38-15-23(28(34)37)33-27(36)22(13-18-5-3-4-6-21(18)31)32-26(35)17-7-9-19(29)10-8-17/h3-12,14,16,22-23H,13,15H2,1-2H3,(H,32,35)(H,33,36)/t22-,23-/m1/s1. The second-order valence-electron chi connectivity index (χ2n) is 9.11. The zero-order valence-electron chi connectivity index (χ0n) is 20.7. The summed E-state index contributed by atoms with van der Waals surface area (Å²) in [7, 11) is 0. The van der Waals surface area contributed by atoms with Crippen LogP contribution in [0, 0.1) is 0 Å². The maximum absolute atomic E-state index is 13.6. The second kappa shape index (κ2) is 12.1. The van der Waals surface area contributed by atoms with Gasteiger partial charge in [0, 0.05) is 39.2 Å². The van der Waals surface area contributed by atoms with E-state index < -0.39 is 23.9 Å². The molecule has 0 saturated heterocycles. The fourth-order valence-corrected chi connectivity index (χ4v) is 4.68. The zero-order valence-corrected chi connectivity index (χ0v) is 23.0. The maximum Gasteiger partial charge on any atom is 0.253 e. The van der Waals surface area contributed by atoms with Crippen LogP contribution in [0.5, 0.6) is 5.75 Å². The Kier molecular flexibility index (Phi) is 8.82. The van der Waals surface area contributed by atoms with Crippen molar-refractivity contribution in [2.45, 2.75) is 38.4 Å². The van der Waals surface area contributed by atoms with Gasteiger partial charge in [0.05, 0.1) is 5.69 Å². The number of hydrogen-bond donors (Lipinski definition) is 2. The molecule has 198 valence electrons. The van der Waals surface area contributed by atoms with Crippen molar-refractivity contribution in [1.29, 1.82) is 0 Å². The minimum absolute atomic E-state index is 0.106. The third kappa shape index (κ3) is 6.41. The third-order valence-electron chi connectivity index (χ3n) is 6.07. The number of rotatable bonds is 7. The lowest BCUT2D eigenvalue weighted by molar-refractivity contribution is -0.129. The summed E-state index contributed by atoms with van der Waals surface area (Å²) in [4.78, 5) is 41.7. The first-order valence-corrected chi connectivity index (χ1v) is 13.1. The van der Waals surface area contributed by atoms with Gasteiger partial charge in [-0.2, -0.15) is 0 Å². The number of benzene rings is 3. The van der Waals surface area contributed by atoms with E-state index >= 15 is 0 Å². The Balaban J connectivity index is 1.59. The van der Waals surface area contributed by atoms with Crippen molar-refractivity contribution in [3.05, 3.63) is 92.9 Å². The van der Waals surface area contributed by atoms with Crippen molar-refractivity contribution in [2.24, 2.45) is 0 Å². The topological polar surface area (TPSA) is 87.7 Å². The van der Waals surface area contributed by atoms with E-state index in [-0.39, 0.29) is 25.0 Å². The summed E-state index contributed by atoms with van der Waals surface area (Å²) in [6, 6.07) is 16.1. The molecule has 10 heteroatoms. The zero-order chi connectivity index (χ0) is 27.4. The Labute approximate surface area is 236 Å². The van der Waals surface area contributed by atoms with Gasteiger partial charge in [-0.25, -0.2) is 0 Å².